The van der Waals surface area contributed by atoms with Crippen LogP contribution in [0.3, 0.4) is 0 Å². The summed E-state index contributed by atoms with van der Waals surface area (Å²) in [7, 11) is 0. The topological polar surface area (TPSA) is 38.5 Å². The predicted octanol–water partition coefficient (Wildman–Crippen LogP) is 3.55. The lowest BCUT2D eigenvalue weighted by atomic mass is 10.0. The summed E-state index contributed by atoms with van der Waals surface area (Å²) < 4.78 is 28.8. The van der Waals surface area contributed by atoms with Crippen LogP contribution in [0.4, 0.5) is 8.78 Å². The van der Waals surface area contributed by atoms with Crippen LogP contribution < -0.4 is 10.5 Å². The van der Waals surface area contributed by atoms with Crippen LogP contribution in [0.15, 0.2) is 24.3 Å². The molecule has 0 bridgehead atoms. The van der Waals surface area contributed by atoms with Gasteiger partial charge in [0.25, 0.3) is 0 Å². The molecule has 0 aromatic heterocycles. The lowest BCUT2D eigenvalue weighted by Gasteiger charge is -2.35. The van der Waals surface area contributed by atoms with Gasteiger partial charge in [0, 0.05) is 18.6 Å². The van der Waals surface area contributed by atoms with Crippen molar-refractivity contribution >= 4 is 0 Å². The smallest absolute Gasteiger partial charge is 0.387 e. The Bertz CT molecular complexity index is 419. The summed E-state index contributed by atoms with van der Waals surface area (Å²) in [5, 5.41) is 0. The summed E-state index contributed by atoms with van der Waals surface area (Å²) in [5.74, 6) is 0.188. The fourth-order valence-corrected chi connectivity index (χ4v) is 3.30. The minimum absolute atomic E-state index is 0.138. The second-order valence-corrected chi connectivity index (χ2v) is 5.47. The Hall–Kier alpha value is -1.20. The lowest BCUT2D eigenvalue weighted by Crippen LogP contribution is -2.40. The van der Waals surface area contributed by atoms with Crippen molar-refractivity contribution in [3.8, 4) is 5.75 Å². The van der Waals surface area contributed by atoms with Gasteiger partial charge >= 0.3 is 6.61 Å². The molecular weight excluding hydrogens is 274 g/mol. The highest BCUT2D eigenvalue weighted by Gasteiger charge is 2.27. The molecule has 1 unspecified atom stereocenters. The maximum atomic E-state index is 12.2. The van der Waals surface area contributed by atoms with Gasteiger partial charge in [0.2, 0.25) is 0 Å². The Morgan fingerprint density at radius 2 is 1.86 bits per heavy atom. The molecule has 1 aromatic carbocycles. The zero-order chi connectivity index (χ0) is 15.2. The second-order valence-electron chi connectivity index (χ2n) is 5.47. The van der Waals surface area contributed by atoms with Crippen LogP contribution in [0.1, 0.15) is 44.2 Å². The summed E-state index contributed by atoms with van der Waals surface area (Å²) in [6.45, 7) is 0.836. The highest BCUT2D eigenvalue weighted by molar-refractivity contribution is 5.29. The van der Waals surface area contributed by atoms with Gasteiger partial charge in [0.1, 0.15) is 5.75 Å². The van der Waals surface area contributed by atoms with E-state index in [-0.39, 0.29) is 11.8 Å². The summed E-state index contributed by atoms with van der Waals surface area (Å²) in [5.41, 5.74) is 7.04. The summed E-state index contributed by atoms with van der Waals surface area (Å²) in [6, 6.07) is 7.58. The van der Waals surface area contributed by atoms with E-state index in [1.165, 1.54) is 25.7 Å². The molecule has 5 heteroatoms. The van der Waals surface area contributed by atoms with Gasteiger partial charge in [0.15, 0.2) is 0 Å². The average Bonchev–Trinajstić information content (AvgIpc) is 2.99. The highest BCUT2D eigenvalue weighted by Crippen LogP contribution is 2.31. The van der Waals surface area contributed by atoms with Gasteiger partial charge < -0.3 is 10.5 Å². The molecule has 1 aliphatic carbocycles. The van der Waals surface area contributed by atoms with E-state index >= 15 is 0 Å². The van der Waals surface area contributed by atoms with E-state index in [4.69, 9.17) is 5.73 Å². The molecular formula is C16H24F2N2O. The molecule has 2 N–H and O–H groups in total. The van der Waals surface area contributed by atoms with Gasteiger partial charge in [-0.25, -0.2) is 0 Å². The van der Waals surface area contributed by atoms with E-state index in [1.807, 2.05) is 12.1 Å². The number of hydrogen-bond acceptors (Lipinski definition) is 3. The molecule has 1 aromatic rings. The van der Waals surface area contributed by atoms with Crippen LogP contribution in [-0.4, -0.2) is 30.6 Å². The molecule has 0 saturated heterocycles. The van der Waals surface area contributed by atoms with Gasteiger partial charge in [-0.1, -0.05) is 31.9 Å². The fourth-order valence-electron chi connectivity index (χ4n) is 3.30. The van der Waals surface area contributed by atoms with E-state index in [1.54, 1.807) is 12.1 Å². The van der Waals surface area contributed by atoms with Crippen molar-refractivity contribution < 1.29 is 13.5 Å². The summed E-state index contributed by atoms with van der Waals surface area (Å²) in [4.78, 5) is 2.44. The van der Waals surface area contributed by atoms with Crippen molar-refractivity contribution in [2.45, 2.75) is 51.3 Å². The maximum absolute atomic E-state index is 12.2. The molecule has 1 atom stereocenters. The van der Waals surface area contributed by atoms with Crippen LogP contribution in [0, 0.1) is 0 Å². The lowest BCUT2D eigenvalue weighted by molar-refractivity contribution is -0.0498. The van der Waals surface area contributed by atoms with Crippen LogP contribution >= 0.6 is 0 Å². The average molecular weight is 298 g/mol. The molecule has 0 amide bonds. The van der Waals surface area contributed by atoms with Crippen molar-refractivity contribution in [1.29, 1.82) is 0 Å². The minimum Gasteiger partial charge on any atom is -0.435 e. The molecule has 3 nitrogen and oxygen atoms in total. The first-order chi connectivity index (χ1) is 10.2. The molecule has 0 aliphatic heterocycles. The van der Waals surface area contributed by atoms with Gasteiger partial charge in [-0.05, 0) is 37.1 Å². The van der Waals surface area contributed by atoms with Crippen molar-refractivity contribution in [3.05, 3.63) is 29.8 Å². The molecule has 0 radical (unpaired) electrons. The van der Waals surface area contributed by atoms with Crippen LogP contribution in [0.5, 0.6) is 5.75 Å². The number of hydrogen-bond donors (Lipinski definition) is 1. The van der Waals surface area contributed by atoms with Crippen LogP contribution in [0.2, 0.25) is 0 Å². The number of likely N-dealkylation sites (N-methyl/N-ethyl adjacent to an activating group) is 1. The monoisotopic (exact) mass is 298 g/mol. The highest BCUT2D eigenvalue weighted by atomic mass is 19.3. The number of halogens is 2. The third-order valence-corrected chi connectivity index (χ3v) is 4.27. The molecule has 1 fully saturated rings. The number of rotatable bonds is 7. The third-order valence-electron chi connectivity index (χ3n) is 4.27. The molecule has 0 heterocycles. The number of ether oxygens (including phenoxy) is 1. The Morgan fingerprint density at radius 1 is 1.24 bits per heavy atom. The van der Waals surface area contributed by atoms with Crippen LogP contribution in [-0.2, 0) is 0 Å². The zero-order valence-corrected chi connectivity index (χ0v) is 12.5. The number of benzene rings is 1. The molecule has 118 valence electrons. The molecule has 0 spiro atoms. The Kier molecular flexibility index (Phi) is 5.94. The zero-order valence-electron chi connectivity index (χ0n) is 12.5. The number of nitrogens with two attached hydrogens (primary N) is 1. The summed E-state index contributed by atoms with van der Waals surface area (Å²) >= 11 is 0. The van der Waals surface area contributed by atoms with Crippen molar-refractivity contribution in [3.63, 3.8) is 0 Å². The van der Waals surface area contributed by atoms with Crippen molar-refractivity contribution in [2.24, 2.45) is 5.73 Å². The number of nitrogens with zero attached hydrogens (tertiary/aromatic N) is 1. The fraction of sp³-hybridized carbons (Fsp3) is 0.625. The first-order valence-electron chi connectivity index (χ1n) is 7.66. The first kappa shape index (κ1) is 16.2. The largest absolute Gasteiger partial charge is 0.435 e. The molecule has 1 saturated carbocycles. The van der Waals surface area contributed by atoms with Crippen LogP contribution in [0.25, 0.3) is 0 Å². The van der Waals surface area contributed by atoms with E-state index < -0.39 is 6.61 Å². The minimum atomic E-state index is -2.79. The normalized spacial score (nSPS) is 17.6. The van der Waals surface area contributed by atoms with Gasteiger partial charge in [-0.15, -0.1) is 0 Å². The standard InChI is InChI=1S/C16H24F2N2O/c1-2-20(13-5-3-4-6-13)15(11-19)12-7-9-14(10-8-12)21-16(17)18/h7-10,13,15-16H,2-6,11,19H2,1H3. The van der Waals surface area contributed by atoms with Gasteiger partial charge in [0.05, 0.1) is 0 Å². The predicted molar refractivity (Wildman–Crippen MR) is 79.5 cm³/mol. The van der Waals surface area contributed by atoms with E-state index in [2.05, 4.69) is 16.6 Å². The molecule has 1 aliphatic rings. The Labute approximate surface area is 125 Å². The molecule has 2 rings (SSSR count). The SMILES string of the molecule is CCN(C1CCCC1)C(CN)c1ccc(OC(F)F)cc1. The first-order valence-corrected chi connectivity index (χ1v) is 7.66. The Balaban J connectivity index is 2.11. The van der Waals surface area contributed by atoms with Crippen molar-refractivity contribution in [1.82, 2.24) is 4.90 Å². The van der Waals surface area contributed by atoms with E-state index in [9.17, 15) is 8.78 Å². The molecule has 21 heavy (non-hydrogen) atoms. The van der Waals surface area contributed by atoms with Gasteiger partial charge in [-0.2, -0.15) is 8.78 Å². The van der Waals surface area contributed by atoms with Gasteiger partial charge in [-0.3, -0.25) is 4.90 Å². The quantitative estimate of drug-likeness (QED) is 0.836. The second kappa shape index (κ2) is 7.71. The maximum Gasteiger partial charge on any atom is 0.387 e. The Morgan fingerprint density at radius 3 is 2.33 bits per heavy atom. The third kappa shape index (κ3) is 4.14. The summed E-state index contributed by atoms with van der Waals surface area (Å²) in [6.07, 6.45) is 4.99. The van der Waals surface area contributed by atoms with E-state index in [0.717, 1.165) is 12.1 Å². The van der Waals surface area contributed by atoms with E-state index in [0.29, 0.717) is 12.6 Å². The number of alkyl halides is 2. The van der Waals surface area contributed by atoms with Crippen molar-refractivity contribution in [2.75, 3.05) is 13.1 Å².